The number of aliphatic hydroxyl groups is 1. The second-order valence-corrected chi connectivity index (χ2v) is 6.24. The summed E-state index contributed by atoms with van der Waals surface area (Å²) in [5, 5.41) is 12.5. The van der Waals surface area contributed by atoms with Crippen LogP contribution >= 0.6 is 0 Å². The van der Waals surface area contributed by atoms with E-state index >= 15 is 0 Å². The number of nitrogens with one attached hydrogen (secondary N) is 1. The number of hydrogen-bond acceptors (Lipinski definition) is 3. The van der Waals surface area contributed by atoms with E-state index < -0.39 is 12.0 Å². The van der Waals surface area contributed by atoms with Crippen molar-refractivity contribution in [2.75, 3.05) is 6.54 Å². The average Bonchev–Trinajstić information content (AvgIpc) is 2.25. The maximum absolute atomic E-state index is 10.7. The summed E-state index contributed by atoms with van der Waals surface area (Å²) in [6.07, 6.45) is 3.61. The van der Waals surface area contributed by atoms with Gasteiger partial charge in [-0.05, 0) is 37.0 Å². The van der Waals surface area contributed by atoms with E-state index in [1.54, 1.807) is 0 Å². The minimum atomic E-state index is -1.06. The van der Waals surface area contributed by atoms with Gasteiger partial charge < -0.3 is 16.2 Å². The van der Waals surface area contributed by atoms with E-state index in [0.29, 0.717) is 11.5 Å². The third-order valence-electron chi connectivity index (χ3n) is 3.88. The molecule has 0 aromatic rings. The van der Waals surface area contributed by atoms with Gasteiger partial charge in [0.2, 0.25) is 5.91 Å². The summed E-state index contributed by atoms with van der Waals surface area (Å²) in [7, 11) is 0. The van der Waals surface area contributed by atoms with Crippen molar-refractivity contribution in [2.24, 2.45) is 17.1 Å². The van der Waals surface area contributed by atoms with E-state index in [0.717, 1.165) is 18.8 Å². The molecule has 0 aromatic carbocycles. The first-order chi connectivity index (χ1) is 7.80. The van der Waals surface area contributed by atoms with Gasteiger partial charge in [-0.2, -0.15) is 0 Å². The van der Waals surface area contributed by atoms with Crippen LogP contribution < -0.4 is 11.1 Å². The molecule has 100 valence electrons. The molecule has 4 N–H and O–H groups in total. The summed E-state index contributed by atoms with van der Waals surface area (Å²) in [4.78, 5) is 10.7. The van der Waals surface area contributed by atoms with E-state index in [1.165, 1.54) is 12.8 Å². The predicted octanol–water partition coefficient (Wildman–Crippen LogP) is 1.03. The number of carbonyl (C=O) groups is 1. The van der Waals surface area contributed by atoms with Crippen LogP contribution in [0.1, 0.15) is 46.5 Å². The van der Waals surface area contributed by atoms with E-state index in [4.69, 9.17) is 5.73 Å². The largest absolute Gasteiger partial charge is 0.382 e. The average molecular weight is 242 g/mol. The highest BCUT2D eigenvalue weighted by Gasteiger charge is 2.29. The number of primary amides is 1. The van der Waals surface area contributed by atoms with Gasteiger partial charge in [0.05, 0.1) is 0 Å². The Morgan fingerprint density at radius 3 is 2.29 bits per heavy atom. The molecule has 0 saturated heterocycles. The molecule has 0 heterocycles. The van der Waals surface area contributed by atoms with Crippen molar-refractivity contribution in [2.45, 2.75) is 58.6 Å². The normalized spacial score (nSPS) is 27.8. The summed E-state index contributed by atoms with van der Waals surface area (Å²) in [5.74, 6) is 0.127. The van der Waals surface area contributed by atoms with Gasteiger partial charge in [-0.1, -0.05) is 20.8 Å². The predicted molar refractivity (Wildman–Crippen MR) is 68.4 cm³/mol. The second kappa shape index (κ2) is 5.83. The molecule has 0 spiro atoms. The molecule has 1 saturated carbocycles. The fraction of sp³-hybridized carbons (Fsp3) is 0.923. The summed E-state index contributed by atoms with van der Waals surface area (Å²) >= 11 is 0. The summed E-state index contributed by atoms with van der Waals surface area (Å²) < 4.78 is 0. The number of rotatable bonds is 4. The maximum atomic E-state index is 10.7. The van der Waals surface area contributed by atoms with Crippen LogP contribution in [0.3, 0.4) is 0 Å². The third kappa shape index (κ3) is 4.64. The molecule has 1 amide bonds. The van der Waals surface area contributed by atoms with Crippen LogP contribution in [0.25, 0.3) is 0 Å². The lowest BCUT2D eigenvalue weighted by Gasteiger charge is -2.37. The van der Waals surface area contributed by atoms with E-state index in [2.05, 4.69) is 26.1 Å². The molecule has 4 nitrogen and oxygen atoms in total. The molecule has 1 fully saturated rings. The highest BCUT2D eigenvalue weighted by molar-refractivity contribution is 5.78. The van der Waals surface area contributed by atoms with Crippen LogP contribution in [-0.4, -0.2) is 29.7 Å². The molecule has 1 rings (SSSR count). The molecule has 4 heteroatoms. The second-order valence-electron chi connectivity index (χ2n) is 6.24. The van der Waals surface area contributed by atoms with E-state index in [-0.39, 0.29) is 6.54 Å². The lowest BCUT2D eigenvalue weighted by Crippen LogP contribution is -2.43. The lowest BCUT2D eigenvalue weighted by atomic mass is 9.71. The Morgan fingerprint density at radius 2 is 1.88 bits per heavy atom. The van der Waals surface area contributed by atoms with Crippen molar-refractivity contribution in [3.05, 3.63) is 0 Å². The molecular weight excluding hydrogens is 216 g/mol. The number of hydrogen-bond donors (Lipinski definition) is 3. The first-order valence-corrected chi connectivity index (χ1v) is 6.51. The zero-order chi connectivity index (χ0) is 13.1. The molecule has 1 atom stereocenters. The first-order valence-electron chi connectivity index (χ1n) is 6.51. The Bertz CT molecular complexity index is 253. The van der Waals surface area contributed by atoms with Crippen LogP contribution in [0.5, 0.6) is 0 Å². The fourth-order valence-electron chi connectivity index (χ4n) is 2.54. The number of nitrogens with two attached hydrogens (primary N) is 1. The Labute approximate surface area is 104 Å². The number of amides is 1. The minimum Gasteiger partial charge on any atom is -0.382 e. The summed E-state index contributed by atoms with van der Waals surface area (Å²) in [6, 6.07) is 0.419. The standard InChI is InChI=1S/C13H26N2O2/c1-13(2,3)9-4-6-10(7-5-9)15-8-11(16)12(14)17/h9-11,15-16H,4-8H2,1-3H3,(H2,14,17). The highest BCUT2D eigenvalue weighted by Crippen LogP contribution is 2.37. The minimum absolute atomic E-state index is 0.278. The van der Waals surface area contributed by atoms with Gasteiger partial charge in [0, 0.05) is 12.6 Å². The number of aliphatic hydroxyl groups excluding tert-OH is 1. The van der Waals surface area contributed by atoms with Crippen LogP contribution in [-0.2, 0) is 4.79 Å². The van der Waals surface area contributed by atoms with Crippen molar-refractivity contribution in [1.82, 2.24) is 5.32 Å². The van der Waals surface area contributed by atoms with Crippen LogP contribution in [0.15, 0.2) is 0 Å². The molecule has 17 heavy (non-hydrogen) atoms. The van der Waals surface area contributed by atoms with Crippen LogP contribution in [0.4, 0.5) is 0 Å². The Morgan fingerprint density at radius 1 is 1.35 bits per heavy atom. The maximum Gasteiger partial charge on any atom is 0.247 e. The van der Waals surface area contributed by atoms with Gasteiger partial charge in [0.15, 0.2) is 0 Å². The van der Waals surface area contributed by atoms with Crippen molar-refractivity contribution >= 4 is 5.91 Å². The van der Waals surface area contributed by atoms with Gasteiger partial charge in [-0.25, -0.2) is 0 Å². The molecular formula is C13H26N2O2. The Kier molecular flexibility index (Phi) is 4.95. The van der Waals surface area contributed by atoms with Gasteiger partial charge in [0.25, 0.3) is 0 Å². The topological polar surface area (TPSA) is 75.3 Å². The quantitative estimate of drug-likeness (QED) is 0.689. The van der Waals surface area contributed by atoms with E-state index in [1.807, 2.05) is 0 Å². The zero-order valence-corrected chi connectivity index (χ0v) is 11.2. The van der Waals surface area contributed by atoms with Gasteiger partial charge in [-0.3, -0.25) is 4.79 Å². The zero-order valence-electron chi connectivity index (χ0n) is 11.2. The van der Waals surface area contributed by atoms with Crippen molar-refractivity contribution in [3.8, 4) is 0 Å². The smallest absolute Gasteiger partial charge is 0.247 e. The Hall–Kier alpha value is -0.610. The van der Waals surface area contributed by atoms with Crippen molar-refractivity contribution in [1.29, 1.82) is 0 Å². The molecule has 0 bridgehead atoms. The van der Waals surface area contributed by atoms with Crippen molar-refractivity contribution in [3.63, 3.8) is 0 Å². The molecule has 0 aromatic heterocycles. The summed E-state index contributed by atoms with van der Waals surface area (Å²) in [6.45, 7) is 7.16. The lowest BCUT2D eigenvalue weighted by molar-refractivity contribution is -0.125. The van der Waals surface area contributed by atoms with Gasteiger partial charge in [0.1, 0.15) is 6.10 Å². The third-order valence-corrected chi connectivity index (χ3v) is 3.88. The molecule has 1 aliphatic rings. The SMILES string of the molecule is CC(C)(C)C1CCC(NCC(O)C(N)=O)CC1. The first kappa shape index (κ1) is 14.5. The molecule has 1 aliphatic carbocycles. The van der Waals surface area contributed by atoms with Crippen LogP contribution in [0.2, 0.25) is 0 Å². The van der Waals surface area contributed by atoms with Gasteiger partial charge >= 0.3 is 0 Å². The fourth-order valence-corrected chi connectivity index (χ4v) is 2.54. The number of carbonyl (C=O) groups excluding carboxylic acids is 1. The molecule has 0 radical (unpaired) electrons. The Balaban J connectivity index is 2.26. The van der Waals surface area contributed by atoms with Crippen LogP contribution in [0, 0.1) is 11.3 Å². The monoisotopic (exact) mass is 242 g/mol. The molecule has 1 unspecified atom stereocenters. The van der Waals surface area contributed by atoms with Crippen molar-refractivity contribution < 1.29 is 9.90 Å². The molecule has 0 aliphatic heterocycles. The summed E-state index contributed by atoms with van der Waals surface area (Å²) in [5.41, 5.74) is 5.39. The highest BCUT2D eigenvalue weighted by atomic mass is 16.3. The van der Waals surface area contributed by atoms with Gasteiger partial charge in [-0.15, -0.1) is 0 Å². The van der Waals surface area contributed by atoms with E-state index in [9.17, 15) is 9.90 Å².